The summed E-state index contributed by atoms with van der Waals surface area (Å²) < 4.78 is 5.75. The number of alkyl halides is 1. The number of hydrogen-bond donors (Lipinski definition) is 1. The Morgan fingerprint density at radius 1 is 1.21 bits per heavy atom. The smallest absolute Gasteiger partial charge is 0.226 e. The summed E-state index contributed by atoms with van der Waals surface area (Å²) in [7, 11) is 0. The molecule has 1 saturated heterocycles. The highest BCUT2D eigenvalue weighted by Crippen LogP contribution is 2.33. The molecule has 0 aromatic heterocycles. The van der Waals surface area contributed by atoms with Crippen LogP contribution in [0.3, 0.4) is 0 Å². The van der Waals surface area contributed by atoms with Crippen LogP contribution < -0.4 is 5.32 Å². The summed E-state index contributed by atoms with van der Waals surface area (Å²) in [6.07, 6.45) is 2.32. The molecule has 112 valence electrons. The van der Waals surface area contributed by atoms with E-state index in [-0.39, 0.29) is 35.4 Å². The highest BCUT2D eigenvalue weighted by atomic mass is 79.9. The summed E-state index contributed by atoms with van der Waals surface area (Å²) in [6.45, 7) is 11.3. The van der Waals surface area contributed by atoms with Crippen molar-refractivity contribution < 1.29 is 9.53 Å². The fourth-order valence-electron chi connectivity index (χ4n) is 2.85. The van der Waals surface area contributed by atoms with E-state index < -0.39 is 0 Å². The molecule has 1 aliphatic heterocycles. The van der Waals surface area contributed by atoms with Gasteiger partial charge in [-0.2, -0.15) is 0 Å². The maximum atomic E-state index is 12.4. The lowest BCUT2D eigenvalue weighted by atomic mass is 9.83. The molecule has 4 heteroatoms. The summed E-state index contributed by atoms with van der Waals surface area (Å²) in [5.41, 5.74) is 0.174. The summed E-state index contributed by atoms with van der Waals surface area (Å²) in [5, 5.41) is 4.08. The molecule has 1 aliphatic rings. The first kappa shape index (κ1) is 17.0. The van der Waals surface area contributed by atoms with Gasteiger partial charge in [-0.25, -0.2) is 0 Å². The summed E-state index contributed by atoms with van der Waals surface area (Å²) in [4.78, 5) is 12.4. The first-order chi connectivity index (χ1) is 8.90. The van der Waals surface area contributed by atoms with Crippen LogP contribution in [0.15, 0.2) is 0 Å². The van der Waals surface area contributed by atoms with Crippen molar-refractivity contribution in [3.63, 3.8) is 0 Å². The van der Waals surface area contributed by atoms with Crippen LogP contribution in [0.1, 0.15) is 47.5 Å². The maximum absolute atomic E-state index is 12.4. The Kier molecular flexibility index (Phi) is 6.31. The Morgan fingerprint density at radius 3 is 2.16 bits per heavy atom. The van der Waals surface area contributed by atoms with Gasteiger partial charge < -0.3 is 10.1 Å². The standard InChI is InChI=1S/C15H28BrNO2/c1-6-15(7-2,8-16)9-17-14(18)13-10(3)11(4)19-12(13)5/h10-13H,6-9H2,1-5H3,(H,17,18). The van der Waals surface area contributed by atoms with E-state index in [2.05, 4.69) is 48.9 Å². The molecule has 3 nitrogen and oxygen atoms in total. The van der Waals surface area contributed by atoms with Crippen LogP contribution in [0.4, 0.5) is 0 Å². The third-order valence-electron chi connectivity index (χ3n) is 4.97. The fraction of sp³-hybridized carbons (Fsp3) is 0.933. The zero-order valence-corrected chi connectivity index (χ0v) is 14.4. The maximum Gasteiger partial charge on any atom is 0.226 e. The van der Waals surface area contributed by atoms with Crippen molar-refractivity contribution in [2.45, 2.75) is 59.7 Å². The second kappa shape index (κ2) is 7.07. The second-order valence-electron chi connectivity index (χ2n) is 5.99. The Morgan fingerprint density at radius 2 is 1.79 bits per heavy atom. The lowest BCUT2D eigenvalue weighted by Gasteiger charge is -2.30. The molecule has 0 spiro atoms. The van der Waals surface area contributed by atoms with E-state index in [0.717, 1.165) is 24.7 Å². The number of nitrogens with one attached hydrogen (secondary N) is 1. The van der Waals surface area contributed by atoms with Gasteiger partial charge in [-0.15, -0.1) is 0 Å². The Balaban J connectivity index is 2.60. The van der Waals surface area contributed by atoms with E-state index in [1.807, 2.05) is 6.92 Å². The molecule has 0 aromatic carbocycles. The molecular formula is C15H28BrNO2. The molecule has 0 radical (unpaired) electrons. The number of carbonyl (C=O) groups excluding carboxylic acids is 1. The summed E-state index contributed by atoms with van der Waals surface area (Å²) >= 11 is 3.58. The van der Waals surface area contributed by atoms with Crippen LogP contribution in [0.5, 0.6) is 0 Å². The Bertz CT molecular complexity index is 296. The molecule has 1 rings (SSSR count). The molecular weight excluding hydrogens is 306 g/mol. The normalized spacial score (nSPS) is 31.5. The average Bonchev–Trinajstić information content (AvgIpc) is 2.65. The van der Waals surface area contributed by atoms with Gasteiger partial charge in [0, 0.05) is 11.9 Å². The number of ether oxygens (including phenoxy) is 1. The first-order valence-electron chi connectivity index (χ1n) is 7.40. The third kappa shape index (κ3) is 3.72. The molecule has 1 N–H and O–H groups in total. The molecule has 1 amide bonds. The molecule has 0 aromatic rings. The SMILES string of the molecule is CCC(CC)(CBr)CNC(=O)C1C(C)OC(C)C1C. The largest absolute Gasteiger partial charge is 0.374 e. The number of amides is 1. The van der Waals surface area contributed by atoms with Crippen molar-refractivity contribution in [2.24, 2.45) is 17.3 Å². The van der Waals surface area contributed by atoms with Gasteiger partial charge >= 0.3 is 0 Å². The Hall–Kier alpha value is -0.0900. The molecule has 0 aliphatic carbocycles. The monoisotopic (exact) mass is 333 g/mol. The van der Waals surface area contributed by atoms with E-state index in [0.29, 0.717) is 0 Å². The number of carbonyl (C=O) groups is 1. The van der Waals surface area contributed by atoms with E-state index in [1.54, 1.807) is 0 Å². The minimum absolute atomic E-state index is 0.0169. The molecule has 19 heavy (non-hydrogen) atoms. The van der Waals surface area contributed by atoms with Crippen molar-refractivity contribution in [1.29, 1.82) is 0 Å². The van der Waals surface area contributed by atoms with Gasteiger partial charge in [0.2, 0.25) is 5.91 Å². The van der Waals surface area contributed by atoms with Crippen molar-refractivity contribution in [3.8, 4) is 0 Å². The molecule has 0 bridgehead atoms. The van der Waals surface area contributed by atoms with Gasteiger partial charge in [-0.3, -0.25) is 4.79 Å². The first-order valence-corrected chi connectivity index (χ1v) is 8.52. The van der Waals surface area contributed by atoms with Crippen molar-refractivity contribution in [2.75, 3.05) is 11.9 Å². The zero-order valence-electron chi connectivity index (χ0n) is 12.8. The number of hydrogen-bond acceptors (Lipinski definition) is 2. The summed E-state index contributed by atoms with van der Waals surface area (Å²) in [5.74, 6) is 0.421. The topological polar surface area (TPSA) is 38.3 Å². The highest BCUT2D eigenvalue weighted by molar-refractivity contribution is 9.09. The minimum Gasteiger partial charge on any atom is -0.374 e. The molecule has 4 atom stereocenters. The van der Waals surface area contributed by atoms with Gasteiger partial charge in [-0.1, -0.05) is 36.7 Å². The van der Waals surface area contributed by atoms with Crippen LogP contribution in [0, 0.1) is 17.3 Å². The van der Waals surface area contributed by atoms with E-state index in [1.165, 1.54) is 0 Å². The molecule has 4 unspecified atom stereocenters. The predicted octanol–water partition coefficient (Wildman–Crippen LogP) is 3.36. The van der Waals surface area contributed by atoms with Gasteiger partial charge in [-0.05, 0) is 38.0 Å². The van der Waals surface area contributed by atoms with Gasteiger partial charge in [0.05, 0.1) is 18.1 Å². The fourth-order valence-corrected chi connectivity index (χ4v) is 3.84. The van der Waals surface area contributed by atoms with Crippen LogP contribution in [-0.2, 0) is 9.53 Å². The number of halogens is 1. The lowest BCUT2D eigenvalue weighted by molar-refractivity contribution is -0.127. The average molecular weight is 334 g/mol. The van der Waals surface area contributed by atoms with Crippen LogP contribution >= 0.6 is 15.9 Å². The van der Waals surface area contributed by atoms with E-state index in [9.17, 15) is 4.79 Å². The minimum atomic E-state index is -0.0169. The van der Waals surface area contributed by atoms with Gasteiger partial charge in [0.15, 0.2) is 0 Å². The third-order valence-corrected chi connectivity index (χ3v) is 6.16. The lowest BCUT2D eigenvalue weighted by Crippen LogP contribution is -2.43. The predicted molar refractivity (Wildman–Crippen MR) is 82.5 cm³/mol. The Labute approximate surface area is 126 Å². The van der Waals surface area contributed by atoms with Crippen LogP contribution in [-0.4, -0.2) is 30.0 Å². The van der Waals surface area contributed by atoms with Gasteiger partial charge in [0.1, 0.15) is 0 Å². The van der Waals surface area contributed by atoms with Crippen molar-refractivity contribution in [3.05, 3.63) is 0 Å². The quantitative estimate of drug-likeness (QED) is 0.757. The van der Waals surface area contributed by atoms with Crippen molar-refractivity contribution >= 4 is 21.8 Å². The molecule has 0 saturated carbocycles. The summed E-state index contributed by atoms with van der Waals surface area (Å²) in [6, 6.07) is 0. The van der Waals surface area contributed by atoms with Gasteiger partial charge in [0.25, 0.3) is 0 Å². The van der Waals surface area contributed by atoms with E-state index in [4.69, 9.17) is 4.74 Å². The molecule has 1 heterocycles. The highest BCUT2D eigenvalue weighted by Gasteiger charge is 2.41. The molecule has 1 fully saturated rings. The zero-order chi connectivity index (χ0) is 14.6. The van der Waals surface area contributed by atoms with Crippen molar-refractivity contribution in [1.82, 2.24) is 5.32 Å². The van der Waals surface area contributed by atoms with E-state index >= 15 is 0 Å². The second-order valence-corrected chi connectivity index (χ2v) is 6.55. The van der Waals surface area contributed by atoms with Crippen LogP contribution in [0.25, 0.3) is 0 Å². The number of rotatable bonds is 6. The van der Waals surface area contributed by atoms with Crippen LogP contribution in [0.2, 0.25) is 0 Å².